The maximum atomic E-state index is 5.71. The molecule has 1 heterocycles. The molecule has 1 unspecified atom stereocenters. The molecule has 2 rings (SSSR count). The van der Waals surface area contributed by atoms with Crippen LogP contribution in [0, 0.1) is 5.92 Å². The number of halogens is 1. The highest BCUT2D eigenvalue weighted by Gasteiger charge is 2.21. The van der Waals surface area contributed by atoms with Gasteiger partial charge in [0.2, 0.25) is 0 Å². The third-order valence-electron chi connectivity index (χ3n) is 3.28. The van der Waals surface area contributed by atoms with Crippen molar-refractivity contribution in [3.63, 3.8) is 0 Å². The summed E-state index contributed by atoms with van der Waals surface area (Å²) < 4.78 is 5.71. The van der Waals surface area contributed by atoms with Crippen LogP contribution >= 0.6 is 12.4 Å². The van der Waals surface area contributed by atoms with E-state index in [1.54, 1.807) is 0 Å². The summed E-state index contributed by atoms with van der Waals surface area (Å²) in [5.74, 6) is 1.79. The molecule has 1 aliphatic heterocycles. The van der Waals surface area contributed by atoms with E-state index < -0.39 is 0 Å². The van der Waals surface area contributed by atoms with Crippen LogP contribution in [0.4, 0.5) is 0 Å². The maximum Gasteiger partial charge on any atom is 0.119 e. The highest BCUT2D eigenvalue weighted by molar-refractivity contribution is 5.85. The first-order chi connectivity index (χ1) is 8.38. The van der Waals surface area contributed by atoms with Gasteiger partial charge in [-0.15, -0.1) is 12.4 Å². The van der Waals surface area contributed by atoms with Crippen molar-refractivity contribution in [2.75, 3.05) is 39.8 Å². The molecule has 1 N–H and O–H groups in total. The Morgan fingerprint density at radius 1 is 1.33 bits per heavy atom. The summed E-state index contributed by atoms with van der Waals surface area (Å²) in [6, 6.07) is 10.0. The van der Waals surface area contributed by atoms with Gasteiger partial charge in [-0.2, -0.15) is 0 Å². The van der Waals surface area contributed by atoms with E-state index in [9.17, 15) is 0 Å². The normalized spacial score (nSPS) is 19.5. The zero-order valence-electron chi connectivity index (χ0n) is 11.0. The minimum absolute atomic E-state index is 0. The van der Waals surface area contributed by atoms with Crippen LogP contribution in [0.15, 0.2) is 30.3 Å². The van der Waals surface area contributed by atoms with Gasteiger partial charge in [0, 0.05) is 13.1 Å². The number of hydrogen-bond donors (Lipinski definition) is 1. The Morgan fingerprint density at radius 2 is 2.11 bits per heavy atom. The second-order valence-corrected chi connectivity index (χ2v) is 4.67. The first-order valence-electron chi connectivity index (χ1n) is 6.43. The van der Waals surface area contributed by atoms with Crippen LogP contribution < -0.4 is 10.1 Å². The monoisotopic (exact) mass is 270 g/mol. The fraction of sp³-hybridized carbons (Fsp3) is 0.571. The topological polar surface area (TPSA) is 24.5 Å². The molecule has 18 heavy (non-hydrogen) atoms. The quantitative estimate of drug-likeness (QED) is 0.856. The lowest BCUT2D eigenvalue weighted by Gasteiger charge is -2.16. The van der Waals surface area contributed by atoms with Crippen LogP contribution in [0.3, 0.4) is 0 Å². The molecule has 1 saturated heterocycles. The molecule has 3 nitrogen and oxygen atoms in total. The van der Waals surface area contributed by atoms with Crippen molar-refractivity contribution in [1.29, 1.82) is 0 Å². The van der Waals surface area contributed by atoms with Crippen molar-refractivity contribution in [3.8, 4) is 5.75 Å². The summed E-state index contributed by atoms with van der Waals surface area (Å²) >= 11 is 0. The van der Waals surface area contributed by atoms with Gasteiger partial charge in [0.15, 0.2) is 0 Å². The molecule has 102 valence electrons. The van der Waals surface area contributed by atoms with E-state index in [0.29, 0.717) is 0 Å². The Labute approximate surface area is 116 Å². The first-order valence-corrected chi connectivity index (χ1v) is 6.43. The standard InChI is InChI=1S/C14H22N2O.ClH/c1-15-11-13-7-8-16(12-13)9-10-17-14-5-3-2-4-6-14;/h2-6,13,15H,7-12H2,1H3;1H. The molecule has 0 aliphatic carbocycles. The SMILES string of the molecule is CNCC1CCN(CCOc2ccccc2)C1.Cl. The molecular weight excluding hydrogens is 248 g/mol. The number of likely N-dealkylation sites (tertiary alicyclic amines) is 1. The fourth-order valence-electron chi connectivity index (χ4n) is 2.38. The summed E-state index contributed by atoms with van der Waals surface area (Å²) in [6.07, 6.45) is 1.31. The average molecular weight is 271 g/mol. The van der Waals surface area contributed by atoms with E-state index in [1.807, 2.05) is 37.4 Å². The number of ether oxygens (including phenoxy) is 1. The minimum atomic E-state index is 0. The van der Waals surface area contributed by atoms with Crippen LogP contribution in [0.1, 0.15) is 6.42 Å². The van der Waals surface area contributed by atoms with Gasteiger partial charge in [0.05, 0.1) is 0 Å². The number of rotatable bonds is 6. The zero-order chi connectivity index (χ0) is 11.9. The molecular formula is C14H23ClN2O. The second-order valence-electron chi connectivity index (χ2n) is 4.67. The van der Waals surface area contributed by atoms with Crippen molar-refractivity contribution in [2.45, 2.75) is 6.42 Å². The highest BCUT2D eigenvalue weighted by Crippen LogP contribution is 2.15. The van der Waals surface area contributed by atoms with Crippen LogP contribution in [-0.4, -0.2) is 44.7 Å². The Balaban J connectivity index is 0.00000162. The van der Waals surface area contributed by atoms with E-state index in [0.717, 1.165) is 31.4 Å². The molecule has 4 heteroatoms. The molecule has 0 saturated carbocycles. The van der Waals surface area contributed by atoms with Gasteiger partial charge in [-0.05, 0) is 44.6 Å². The molecule has 1 aromatic rings. The molecule has 0 aromatic heterocycles. The summed E-state index contributed by atoms with van der Waals surface area (Å²) in [6.45, 7) is 5.38. The molecule has 1 atom stereocenters. The van der Waals surface area contributed by atoms with Gasteiger partial charge in [-0.25, -0.2) is 0 Å². The summed E-state index contributed by atoms with van der Waals surface area (Å²) in [7, 11) is 2.03. The summed E-state index contributed by atoms with van der Waals surface area (Å²) in [4.78, 5) is 2.49. The van der Waals surface area contributed by atoms with E-state index in [2.05, 4.69) is 10.2 Å². The predicted octanol–water partition coefficient (Wildman–Crippen LogP) is 2.03. The van der Waals surface area contributed by atoms with Crippen LogP contribution in [0.5, 0.6) is 5.75 Å². The van der Waals surface area contributed by atoms with Gasteiger partial charge in [0.25, 0.3) is 0 Å². The van der Waals surface area contributed by atoms with Crippen molar-refractivity contribution in [2.24, 2.45) is 5.92 Å². The van der Waals surface area contributed by atoms with E-state index in [-0.39, 0.29) is 12.4 Å². The lowest BCUT2D eigenvalue weighted by atomic mass is 10.1. The lowest BCUT2D eigenvalue weighted by Crippen LogP contribution is -2.28. The molecule has 1 fully saturated rings. The first kappa shape index (κ1) is 15.3. The Kier molecular flexibility index (Phi) is 7.09. The molecule has 0 amide bonds. The number of nitrogens with one attached hydrogen (secondary N) is 1. The van der Waals surface area contributed by atoms with Crippen LogP contribution in [0.25, 0.3) is 0 Å². The van der Waals surface area contributed by atoms with Gasteiger partial charge in [0.1, 0.15) is 12.4 Å². The second kappa shape index (κ2) is 8.35. The molecule has 1 aromatic carbocycles. The number of para-hydroxylation sites is 1. The van der Waals surface area contributed by atoms with Crippen molar-refractivity contribution >= 4 is 12.4 Å². The van der Waals surface area contributed by atoms with Crippen LogP contribution in [0.2, 0.25) is 0 Å². The van der Waals surface area contributed by atoms with E-state index >= 15 is 0 Å². The van der Waals surface area contributed by atoms with E-state index in [4.69, 9.17) is 4.74 Å². The van der Waals surface area contributed by atoms with Gasteiger partial charge >= 0.3 is 0 Å². The fourth-order valence-corrected chi connectivity index (χ4v) is 2.38. The maximum absolute atomic E-state index is 5.71. The number of benzene rings is 1. The molecule has 0 spiro atoms. The largest absolute Gasteiger partial charge is 0.492 e. The third-order valence-corrected chi connectivity index (χ3v) is 3.28. The average Bonchev–Trinajstić information content (AvgIpc) is 2.79. The van der Waals surface area contributed by atoms with Crippen molar-refractivity contribution in [1.82, 2.24) is 10.2 Å². The number of hydrogen-bond acceptors (Lipinski definition) is 3. The van der Waals surface area contributed by atoms with E-state index in [1.165, 1.54) is 19.5 Å². The summed E-state index contributed by atoms with van der Waals surface area (Å²) in [5.41, 5.74) is 0. The minimum Gasteiger partial charge on any atom is -0.492 e. The molecule has 0 bridgehead atoms. The Hall–Kier alpha value is -0.770. The van der Waals surface area contributed by atoms with Crippen LogP contribution in [-0.2, 0) is 0 Å². The van der Waals surface area contributed by atoms with Gasteiger partial charge < -0.3 is 10.1 Å². The third kappa shape index (κ3) is 4.84. The van der Waals surface area contributed by atoms with Gasteiger partial charge in [-0.3, -0.25) is 4.90 Å². The zero-order valence-corrected chi connectivity index (χ0v) is 11.8. The van der Waals surface area contributed by atoms with Gasteiger partial charge in [-0.1, -0.05) is 18.2 Å². The Bertz CT molecular complexity index is 321. The number of nitrogens with zero attached hydrogens (tertiary/aromatic N) is 1. The Morgan fingerprint density at radius 3 is 2.83 bits per heavy atom. The molecule has 0 radical (unpaired) electrons. The van der Waals surface area contributed by atoms with Crippen molar-refractivity contribution in [3.05, 3.63) is 30.3 Å². The smallest absolute Gasteiger partial charge is 0.119 e. The molecule has 1 aliphatic rings. The van der Waals surface area contributed by atoms with Crippen molar-refractivity contribution < 1.29 is 4.74 Å². The predicted molar refractivity (Wildman–Crippen MR) is 77.7 cm³/mol. The highest BCUT2D eigenvalue weighted by atomic mass is 35.5. The lowest BCUT2D eigenvalue weighted by molar-refractivity contribution is 0.232. The summed E-state index contributed by atoms with van der Waals surface area (Å²) in [5, 5.41) is 3.25.